The van der Waals surface area contributed by atoms with Crippen molar-refractivity contribution in [3.8, 4) is 0 Å². The zero-order chi connectivity index (χ0) is 10.6. The Kier molecular flexibility index (Phi) is 4.90. The van der Waals surface area contributed by atoms with Crippen LogP contribution in [-0.4, -0.2) is 39.5 Å². The Labute approximate surface area is 77.2 Å². The summed E-state index contributed by atoms with van der Waals surface area (Å²) >= 11 is 0. The highest BCUT2D eigenvalue weighted by Crippen LogP contribution is 2.12. The van der Waals surface area contributed by atoms with Gasteiger partial charge in [-0.1, -0.05) is 13.8 Å². The van der Waals surface area contributed by atoms with Crippen LogP contribution >= 0.6 is 0 Å². The van der Waals surface area contributed by atoms with Crippen LogP contribution in [0.3, 0.4) is 0 Å². The third kappa shape index (κ3) is 3.30. The molecule has 5 nitrogen and oxygen atoms in total. The molecule has 0 aliphatic heterocycles. The van der Waals surface area contributed by atoms with Gasteiger partial charge in [0.1, 0.15) is 6.04 Å². The molecule has 5 N–H and O–H groups in total. The molecule has 0 aromatic rings. The normalized spacial score (nSPS) is 20.4. The number of aliphatic carboxylic acids is 1. The van der Waals surface area contributed by atoms with Gasteiger partial charge in [-0.25, -0.2) is 0 Å². The fraction of sp³-hybridized carbons (Fsp3) is 0.875. The lowest BCUT2D eigenvalue weighted by molar-refractivity contribution is -0.141. The summed E-state index contributed by atoms with van der Waals surface area (Å²) < 4.78 is 0. The van der Waals surface area contributed by atoms with Crippen molar-refractivity contribution in [2.24, 2.45) is 11.7 Å². The van der Waals surface area contributed by atoms with E-state index >= 15 is 0 Å². The van der Waals surface area contributed by atoms with E-state index in [-0.39, 0.29) is 0 Å². The Morgan fingerprint density at radius 1 is 1.46 bits per heavy atom. The van der Waals surface area contributed by atoms with Crippen molar-refractivity contribution in [1.82, 2.24) is 0 Å². The molecule has 0 aromatic carbocycles. The number of hydrogen-bond donors (Lipinski definition) is 4. The standard InChI is InChI=1S/C8H17NO4/c1-3-5(10)7(11)4(2)6(9)8(12)13/h4-7,10-11H,3,9H2,1-2H3,(H,12,13). The highest BCUT2D eigenvalue weighted by atomic mass is 16.4. The summed E-state index contributed by atoms with van der Waals surface area (Å²) in [4.78, 5) is 10.4. The topological polar surface area (TPSA) is 104 Å². The maximum absolute atomic E-state index is 10.4. The number of aliphatic hydroxyl groups is 2. The van der Waals surface area contributed by atoms with Gasteiger partial charge in [0, 0.05) is 5.92 Å². The summed E-state index contributed by atoms with van der Waals surface area (Å²) in [7, 11) is 0. The molecule has 0 amide bonds. The van der Waals surface area contributed by atoms with E-state index in [1.54, 1.807) is 6.92 Å². The highest BCUT2D eigenvalue weighted by molar-refractivity contribution is 5.73. The predicted octanol–water partition coefficient (Wildman–Crippen LogP) is -0.834. The Morgan fingerprint density at radius 2 is 1.92 bits per heavy atom. The third-order valence-electron chi connectivity index (χ3n) is 2.20. The molecule has 5 heteroatoms. The number of nitrogens with two attached hydrogens (primary N) is 1. The van der Waals surface area contributed by atoms with E-state index in [9.17, 15) is 15.0 Å². The number of carboxylic acid groups (broad SMARTS) is 1. The van der Waals surface area contributed by atoms with Crippen LogP contribution in [0, 0.1) is 5.92 Å². The van der Waals surface area contributed by atoms with Gasteiger partial charge in [0.05, 0.1) is 12.2 Å². The lowest BCUT2D eigenvalue weighted by Crippen LogP contribution is -2.46. The smallest absolute Gasteiger partial charge is 0.320 e. The zero-order valence-electron chi connectivity index (χ0n) is 7.84. The van der Waals surface area contributed by atoms with E-state index in [4.69, 9.17) is 10.8 Å². The molecule has 0 spiro atoms. The summed E-state index contributed by atoms with van der Waals surface area (Å²) in [5, 5.41) is 27.2. The van der Waals surface area contributed by atoms with E-state index in [1.807, 2.05) is 0 Å². The van der Waals surface area contributed by atoms with Crippen molar-refractivity contribution in [2.45, 2.75) is 38.5 Å². The molecule has 0 bridgehead atoms. The van der Waals surface area contributed by atoms with Crippen LogP contribution in [0.4, 0.5) is 0 Å². The van der Waals surface area contributed by atoms with Gasteiger partial charge >= 0.3 is 5.97 Å². The number of carbonyl (C=O) groups is 1. The van der Waals surface area contributed by atoms with Crippen LogP contribution in [0.2, 0.25) is 0 Å². The van der Waals surface area contributed by atoms with Crippen molar-refractivity contribution in [2.75, 3.05) is 0 Å². The molecular formula is C8H17NO4. The van der Waals surface area contributed by atoms with Gasteiger partial charge in [0.2, 0.25) is 0 Å². The second-order valence-electron chi connectivity index (χ2n) is 3.19. The maximum atomic E-state index is 10.4. The van der Waals surface area contributed by atoms with Crippen LogP contribution < -0.4 is 5.73 Å². The second-order valence-corrected chi connectivity index (χ2v) is 3.19. The summed E-state index contributed by atoms with van der Waals surface area (Å²) in [5.74, 6) is -1.83. The summed E-state index contributed by atoms with van der Waals surface area (Å²) in [6, 6.07) is -1.14. The Bertz CT molecular complexity index is 174. The van der Waals surface area contributed by atoms with Crippen LogP contribution in [0.25, 0.3) is 0 Å². The van der Waals surface area contributed by atoms with Crippen LogP contribution in [0.15, 0.2) is 0 Å². The zero-order valence-corrected chi connectivity index (χ0v) is 7.84. The molecule has 0 aromatic heterocycles. The van der Waals surface area contributed by atoms with Crippen LogP contribution in [0.1, 0.15) is 20.3 Å². The molecule has 0 heterocycles. The molecule has 0 fully saturated rings. The van der Waals surface area contributed by atoms with Crippen LogP contribution in [-0.2, 0) is 4.79 Å². The molecule has 4 atom stereocenters. The van der Waals surface area contributed by atoms with Crippen LogP contribution in [0.5, 0.6) is 0 Å². The Hall–Kier alpha value is -0.650. The first kappa shape index (κ1) is 12.3. The highest BCUT2D eigenvalue weighted by Gasteiger charge is 2.30. The average molecular weight is 191 g/mol. The van der Waals surface area contributed by atoms with E-state index in [1.165, 1.54) is 6.92 Å². The van der Waals surface area contributed by atoms with Crippen molar-refractivity contribution in [1.29, 1.82) is 0 Å². The van der Waals surface area contributed by atoms with Gasteiger partial charge in [-0.2, -0.15) is 0 Å². The first-order chi connectivity index (χ1) is 5.91. The summed E-state index contributed by atoms with van der Waals surface area (Å²) in [5.41, 5.74) is 5.28. The minimum atomic E-state index is -1.17. The number of hydrogen-bond acceptors (Lipinski definition) is 4. The van der Waals surface area contributed by atoms with Gasteiger partial charge in [-0.15, -0.1) is 0 Å². The monoisotopic (exact) mass is 191 g/mol. The largest absolute Gasteiger partial charge is 0.480 e. The predicted molar refractivity (Wildman–Crippen MR) is 47.1 cm³/mol. The lowest BCUT2D eigenvalue weighted by atomic mass is 9.92. The first-order valence-electron chi connectivity index (χ1n) is 4.26. The van der Waals surface area contributed by atoms with Crippen molar-refractivity contribution in [3.63, 3.8) is 0 Å². The van der Waals surface area contributed by atoms with Gasteiger partial charge < -0.3 is 21.1 Å². The molecule has 78 valence electrons. The summed E-state index contributed by atoms with van der Waals surface area (Å²) in [6.45, 7) is 3.20. The number of rotatable bonds is 5. The molecule has 13 heavy (non-hydrogen) atoms. The Balaban J connectivity index is 4.24. The van der Waals surface area contributed by atoms with E-state index in [2.05, 4.69) is 0 Å². The van der Waals surface area contributed by atoms with Gasteiger partial charge in [0.15, 0.2) is 0 Å². The van der Waals surface area contributed by atoms with Crippen molar-refractivity contribution in [3.05, 3.63) is 0 Å². The molecule has 0 saturated carbocycles. The molecule has 0 radical (unpaired) electrons. The van der Waals surface area contributed by atoms with Crippen molar-refractivity contribution < 1.29 is 20.1 Å². The lowest BCUT2D eigenvalue weighted by Gasteiger charge is -2.25. The van der Waals surface area contributed by atoms with E-state index in [0.717, 1.165) is 0 Å². The number of carboxylic acids is 1. The minimum absolute atomic E-state index is 0.373. The fourth-order valence-electron chi connectivity index (χ4n) is 1.03. The van der Waals surface area contributed by atoms with Gasteiger partial charge in [-0.3, -0.25) is 4.79 Å². The molecule has 0 aliphatic carbocycles. The fourth-order valence-corrected chi connectivity index (χ4v) is 1.03. The van der Waals surface area contributed by atoms with Crippen molar-refractivity contribution >= 4 is 5.97 Å². The third-order valence-corrected chi connectivity index (χ3v) is 2.20. The first-order valence-corrected chi connectivity index (χ1v) is 4.26. The molecule has 0 rings (SSSR count). The molecule has 0 aliphatic rings. The SMILES string of the molecule is CCC(O)C(O)C(C)C(N)C(=O)O. The van der Waals surface area contributed by atoms with E-state index < -0.39 is 30.1 Å². The molecule has 0 saturated heterocycles. The second kappa shape index (κ2) is 5.16. The summed E-state index contributed by atoms with van der Waals surface area (Å²) in [6.07, 6.45) is -1.63. The van der Waals surface area contributed by atoms with E-state index in [0.29, 0.717) is 6.42 Å². The maximum Gasteiger partial charge on any atom is 0.320 e. The van der Waals surface area contributed by atoms with Gasteiger partial charge in [0.25, 0.3) is 0 Å². The van der Waals surface area contributed by atoms with Gasteiger partial charge in [-0.05, 0) is 6.42 Å². The number of aliphatic hydroxyl groups excluding tert-OH is 2. The molecule has 4 unspecified atom stereocenters. The average Bonchev–Trinajstić information content (AvgIpc) is 2.12. The molecular weight excluding hydrogens is 174 g/mol. The minimum Gasteiger partial charge on any atom is -0.480 e. The Morgan fingerprint density at radius 3 is 2.23 bits per heavy atom. The quantitative estimate of drug-likeness (QED) is 0.454.